The molecule has 2 amide bonds. The number of nitrogens with one attached hydrogen (secondary N) is 2. The first-order chi connectivity index (χ1) is 16.3. The number of hydrogen-bond acceptors (Lipinski definition) is 5. The molecular formula is C26H24N6O2. The van der Waals surface area contributed by atoms with Crippen molar-refractivity contribution in [2.24, 2.45) is 7.05 Å². The van der Waals surface area contributed by atoms with E-state index in [1.54, 1.807) is 6.92 Å². The molecule has 0 bridgehead atoms. The maximum atomic E-state index is 12.0. The molecule has 0 saturated carbocycles. The summed E-state index contributed by atoms with van der Waals surface area (Å²) in [7, 11) is 1.95. The average Bonchev–Trinajstić information content (AvgIpc) is 3.13. The van der Waals surface area contributed by atoms with Gasteiger partial charge in [-0.1, -0.05) is 24.8 Å². The third-order valence-corrected chi connectivity index (χ3v) is 6.09. The van der Waals surface area contributed by atoms with E-state index in [0.717, 1.165) is 44.7 Å². The van der Waals surface area contributed by atoms with Crippen molar-refractivity contribution >= 4 is 40.0 Å². The number of rotatable bonds is 4. The van der Waals surface area contributed by atoms with Crippen molar-refractivity contribution < 1.29 is 9.59 Å². The van der Waals surface area contributed by atoms with Crippen LogP contribution in [0.3, 0.4) is 0 Å². The molecule has 2 aromatic heterocycles. The Labute approximate surface area is 196 Å². The summed E-state index contributed by atoms with van der Waals surface area (Å²) in [5.41, 5.74) is 13.9. The molecule has 170 valence electrons. The zero-order valence-electron chi connectivity index (χ0n) is 19.0. The van der Waals surface area contributed by atoms with Crippen LogP contribution < -0.4 is 16.4 Å². The van der Waals surface area contributed by atoms with Crippen LogP contribution in [0, 0.1) is 0 Å². The second kappa shape index (κ2) is 8.15. The number of aromatic nitrogens is 3. The predicted molar refractivity (Wildman–Crippen MR) is 134 cm³/mol. The summed E-state index contributed by atoms with van der Waals surface area (Å²) in [6.45, 7) is 5.34. The maximum Gasteiger partial charge on any atom is 0.250 e. The molecule has 5 rings (SSSR count). The Balaban J connectivity index is 1.68. The number of nitrogen functional groups attached to an aromatic ring is 1. The summed E-state index contributed by atoms with van der Waals surface area (Å²) in [5, 5.41) is 6.54. The highest BCUT2D eigenvalue weighted by molar-refractivity contribution is 6.08. The number of nitrogens with zero attached hydrogens (tertiary/aromatic N) is 3. The van der Waals surface area contributed by atoms with Gasteiger partial charge in [-0.2, -0.15) is 0 Å². The zero-order chi connectivity index (χ0) is 24.0. The van der Waals surface area contributed by atoms with E-state index in [9.17, 15) is 9.59 Å². The van der Waals surface area contributed by atoms with Gasteiger partial charge in [-0.3, -0.25) is 9.59 Å². The van der Waals surface area contributed by atoms with Crippen LogP contribution in [-0.2, 0) is 23.1 Å². The Morgan fingerprint density at radius 1 is 1.12 bits per heavy atom. The maximum absolute atomic E-state index is 12.0. The van der Waals surface area contributed by atoms with Crippen molar-refractivity contribution in [3.63, 3.8) is 0 Å². The van der Waals surface area contributed by atoms with Crippen molar-refractivity contribution in [2.45, 2.75) is 19.8 Å². The van der Waals surface area contributed by atoms with Crippen molar-refractivity contribution in [3.05, 3.63) is 66.5 Å². The predicted octanol–water partition coefficient (Wildman–Crippen LogP) is 4.28. The number of amides is 2. The lowest BCUT2D eigenvalue weighted by Crippen LogP contribution is -2.18. The summed E-state index contributed by atoms with van der Waals surface area (Å²) in [6, 6.07) is 13.6. The Bertz CT molecular complexity index is 1480. The van der Waals surface area contributed by atoms with Crippen molar-refractivity contribution in [2.75, 3.05) is 16.4 Å². The fraction of sp³-hybridized carbons (Fsp3) is 0.154. The van der Waals surface area contributed by atoms with E-state index >= 15 is 0 Å². The number of anilines is 3. The zero-order valence-corrected chi connectivity index (χ0v) is 19.0. The lowest BCUT2D eigenvalue weighted by molar-refractivity contribution is -0.116. The second-order valence-electron chi connectivity index (χ2n) is 8.47. The number of nitrogens with two attached hydrogens (primary N) is 1. The van der Waals surface area contributed by atoms with Gasteiger partial charge in [0.25, 0.3) is 5.91 Å². The van der Waals surface area contributed by atoms with Gasteiger partial charge >= 0.3 is 0 Å². The average molecular weight is 453 g/mol. The van der Waals surface area contributed by atoms with Gasteiger partial charge in [0.1, 0.15) is 17.8 Å². The summed E-state index contributed by atoms with van der Waals surface area (Å²) in [4.78, 5) is 32.5. The quantitative estimate of drug-likeness (QED) is 0.400. The van der Waals surface area contributed by atoms with Crippen LogP contribution >= 0.6 is 0 Å². The molecule has 4 aromatic rings. The van der Waals surface area contributed by atoms with E-state index in [2.05, 4.69) is 33.2 Å². The summed E-state index contributed by atoms with van der Waals surface area (Å²) in [6.07, 6.45) is 2.60. The number of aryl methyl sites for hydroxylation is 2. The fourth-order valence-corrected chi connectivity index (χ4v) is 4.38. The van der Waals surface area contributed by atoms with Gasteiger partial charge in [0.2, 0.25) is 5.91 Å². The molecule has 8 nitrogen and oxygen atoms in total. The molecule has 4 N–H and O–H groups in total. The number of carbonyl (C=O) groups excluding carboxylic acids is 2. The molecule has 0 radical (unpaired) electrons. The highest BCUT2D eigenvalue weighted by Gasteiger charge is 2.23. The van der Waals surface area contributed by atoms with E-state index in [1.807, 2.05) is 48.0 Å². The molecule has 0 atom stereocenters. The molecule has 0 fully saturated rings. The number of benzene rings is 2. The molecular weight excluding hydrogens is 428 g/mol. The SMILES string of the molecule is C=C(C)C(=O)Nc1ccc(-c2c(-c3ccc4c(c3)CCC(=O)N4)c3c(N)ncnc3n2C)cc1. The van der Waals surface area contributed by atoms with E-state index in [4.69, 9.17) is 5.73 Å². The highest BCUT2D eigenvalue weighted by Crippen LogP contribution is 2.43. The molecule has 2 aromatic carbocycles. The van der Waals surface area contributed by atoms with Gasteiger partial charge in [-0.05, 0) is 54.3 Å². The molecule has 0 spiro atoms. The van der Waals surface area contributed by atoms with Crippen LogP contribution in [-0.4, -0.2) is 26.3 Å². The molecule has 0 saturated heterocycles. The fourth-order valence-electron chi connectivity index (χ4n) is 4.38. The molecule has 8 heteroatoms. The number of fused-ring (bicyclic) bond motifs is 2. The Kier molecular flexibility index (Phi) is 5.13. The van der Waals surface area contributed by atoms with Gasteiger partial charge in [-0.15, -0.1) is 0 Å². The standard InChI is InChI=1S/C26H24N6O2/c1-14(2)26(34)30-18-8-4-15(5-9-18)23-21(22-24(27)28-13-29-25(22)32(23)3)17-6-10-19-16(12-17)7-11-20(33)31-19/h4-6,8-10,12-13H,1,7,11H2,2-3H3,(H,30,34)(H,31,33)(H2,27,28,29). The minimum atomic E-state index is -0.220. The summed E-state index contributed by atoms with van der Waals surface area (Å²) >= 11 is 0. The van der Waals surface area contributed by atoms with E-state index in [-0.39, 0.29) is 11.8 Å². The van der Waals surface area contributed by atoms with Crippen LogP contribution in [0.5, 0.6) is 0 Å². The monoisotopic (exact) mass is 452 g/mol. The first-order valence-electron chi connectivity index (χ1n) is 10.9. The highest BCUT2D eigenvalue weighted by atomic mass is 16.2. The van der Waals surface area contributed by atoms with Gasteiger partial charge in [0.05, 0.1) is 11.1 Å². The Morgan fingerprint density at radius 3 is 2.59 bits per heavy atom. The second-order valence-corrected chi connectivity index (χ2v) is 8.47. The summed E-state index contributed by atoms with van der Waals surface area (Å²) < 4.78 is 2.01. The smallest absolute Gasteiger partial charge is 0.250 e. The lowest BCUT2D eigenvalue weighted by atomic mass is 9.94. The van der Waals surface area contributed by atoms with Gasteiger partial charge in [0.15, 0.2) is 0 Å². The van der Waals surface area contributed by atoms with Crippen molar-refractivity contribution in [3.8, 4) is 22.4 Å². The van der Waals surface area contributed by atoms with Crippen LogP contribution in [0.4, 0.5) is 17.2 Å². The molecule has 3 heterocycles. The third-order valence-electron chi connectivity index (χ3n) is 6.09. The van der Waals surface area contributed by atoms with Crippen LogP contribution in [0.2, 0.25) is 0 Å². The van der Waals surface area contributed by atoms with Crippen LogP contribution in [0.15, 0.2) is 60.9 Å². The number of carbonyl (C=O) groups is 2. The molecule has 1 aliphatic rings. The van der Waals surface area contributed by atoms with Gasteiger partial charge in [0, 0.05) is 36.0 Å². The lowest BCUT2D eigenvalue weighted by Gasteiger charge is -2.18. The first-order valence-corrected chi connectivity index (χ1v) is 10.9. The molecule has 0 aliphatic carbocycles. The number of hydrogen-bond donors (Lipinski definition) is 3. The first kappa shape index (κ1) is 21.4. The van der Waals surface area contributed by atoms with Crippen LogP contribution in [0.25, 0.3) is 33.4 Å². The van der Waals surface area contributed by atoms with Crippen molar-refractivity contribution in [1.29, 1.82) is 0 Å². The normalized spacial score (nSPS) is 12.8. The van der Waals surface area contributed by atoms with Gasteiger partial charge in [-0.25, -0.2) is 9.97 Å². The Hall–Kier alpha value is -4.46. The molecule has 0 unspecified atom stereocenters. The third kappa shape index (κ3) is 3.59. The van der Waals surface area contributed by atoms with Crippen LogP contribution in [0.1, 0.15) is 18.9 Å². The van der Waals surface area contributed by atoms with E-state index in [0.29, 0.717) is 29.9 Å². The molecule has 34 heavy (non-hydrogen) atoms. The van der Waals surface area contributed by atoms with E-state index < -0.39 is 0 Å². The van der Waals surface area contributed by atoms with Crippen molar-refractivity contribution in [1.82, 2.24) is 14.5 Å². The van der Waals surface area contributed by atoms with Gasteiger partial charge < -0.3 is 20.9 Å². The molecule has 1 aliphatic heterocycles. The summed E-state index contributed by atoms with van der Waals surface area (Å²) in [5.74, 6) is 0.211. The topological polar surface area (TPSA) is 115 Å². The minimum Gasteiger partial charge on any atom is -0.383 e. The minimum absolute atomic E-state index is 0.0302. The van der Waals surface area contributed by atoms with E-state index in [1.165, 1.54) is 6.33 Å². The largest absolute Gasteiger partial charge is 0.383 e. The Morgan fingerprint density at radius 2 is 1.85 bits per heavy atom.